The van der Waals surface area contributed by atoms with Gasteiger partial charge in [-0.25, -0.2) is 4.98 Å². The predicted octanol–water partition coefficient (Wildman–Crippen LogP) is 1.87. The summed E-state index contributed by atoms with van der Waals surface area (Å²) in [5.74, 6) is 0.175. The molecule has 5 nitrogen and oxygen atoms in total. The van der Waals surface area contributed by atoms with Crippen LogP contribution in [0, 0.1) is 0 Å². The van der Waals surface area contributed by atoms with Crippen LogP contribution in [0.2, 0.25) is 0 Å². The number of nitrogens with zero attached hydrogens (tertiary/aromatic N) is 2. The number of ether oxygens (including phenoxy) is 1. The fourth-order valence-electron chi connectivity index (χ4n) is 1.81. The Labute approximate surface area is 104 Å². The molecule has 0 atom stereocenters. The first-order chi connectivity index (χ1) is 8.84. The Bertz CT molecular complexity index is 575. The minimum Gasteiger partial charge on any atom is -0.479 e. The van der Waals surface area contributed by atoms with Crippen LogP contribution in [0.1, 0.15) is 5.69 Å². The van der Waals surface area contributed by atoms with Crippen molar-refractivity contribution in [1.29, 1.82) is 0 Å². The molecule has 0 fully saturated rings. The summed E-state index contributed by atoms with van der Waals surface area (Å²) in [6.07, 6.45) is 0. The Morgan fingerprint density at radius 3 is 2.72 bits per heavy atom. The number of benzene rings is 1. The number of aromatic nitrogens is 1. The number of hydrogen-bond acceptors (Lipinski definition) is 5. The van der Waals surface area contributed by atoms with Gasteiger partial charge in [-0.2, -0.15) is 0 Å². The van der Waals surface area contributed by atoms with Crippen LogP contribution < -0.4 is 0 Å². The van der Waals surface area contributed by atoms with Crippen LogP contribution in [0.15, 0.2) is 39.7 Å². The summed E-state index contributed by atoms with van der Waals surface area (Å²) in [4.78, 5) is 8.55. The van der Waals surface area contributed by atoms with Gasteiger partial charge in [0.25, 0.3) is 0 Å². The van der Waals surface area contributed by atoms with Gasteiger partial charge in [-0.1, -0.05) is 18.2 Å². The molecule has 0 amide bonds. The molecule has 0 spiro atoms. The van der Waals surface area contributed by atoms with Gasteiger partial charge in [0.1, 0.15) is 0 Å². The molecule has 1 aliphatic rings. The van der Waals surface area contributed by atoms with E-state index in [1.807, 2.05) is 30.3 Å². The predicted molar refractivity (Wildman–Crippen MR) is 65.8 cm³/mol. The van der Waals surface area contributed by atoms with Crippen molar-refractivity contribution < 1.29 is 14.3 Å². The van der Waals surface area contributed by atoms with E-state index in [-0.39, 0.29) is 5.95 Å². The molecular weight excluding hydrogens is 232 g/mol. The van der Waals surface area contributed by atoms with Crippen LogP contribution in [0.3, 0.4) is 0 Å². The van der Waals surface area contributed by atoms with Crippen molar-refractivity contribution >= 4 is 5.71 Å². The highest BCUT2D eigenvalue weighted by molar-refractivity contribution is 6.02. The molecule has 0 saturated carbocycles. The third-order valence-electron chi connectivity index (χ3n) is 2.68. The first-order valence-corrected chi connectivity index (χ1v) is 5.71. The second-order valence-corrected chi connectivity index (χ2v) is 3.92. The average molecular weight is 244 g/mol. The lowest BCUT2D eigenvalue weighted by molar-refractivity contribution is 0.171. The van der Waals surface area contributed by atoms with Gasteiger partial charge < -0.3 is 14.3 Å². The van der Waals surface area contributed by atoms with Gasteiger partial charge in [0.15, 0.2) is 5.69 Å². The van der Waals surface area contributed by atoms with E-state index >= 15 is 0 Å². The maximum atomic E-state index is 9.78. The van der Waals surface area contributed by atoms with Crippen molar-refractivity contribution in [3.8, 4) is 17.4 Å². The Balaban J connectivity index is 1.98. The number of aliphatic imine (C=N–C) groups is 1. The van der Waals surface area contributed by atoms with Gasteiger partial charge in [-0.15, -0.1) is 0 Å². The van der Waals surface area contributed by atoms with Gasteiger partial charge in [0.05, 0.1) is 25.5 Å². The second-order valence-electron chi connectivity index (χ2n) is 3.92. The van der Waals surface area contributed by atoms with E-state index in [4.69, 9.17) is 9.15 Å². The maximum absolute atomic E-state index is 9.78. The van der Waals surface area contributed by atoms with E-state index in [1.54, 1.807) is 0 Å². The SMILES string of the molecule is Oc1oc(-c2ccccc2)nc1C1=NCCOC1. The van der Waals surface area contributed by atoms with Crippen molar-refractivity contribution in [2.24, 2.45) is 4.99 Å². The molecule has 5 heteroatoms. The lowest BCUT2D eigenvalue weighted by atomic mass is 10.2. The molecular formula is C13H12N2O3. The van der Waals surface area contributed by atoms with Crippen LogP contribution in [0.5, 0.6) is 5.95 Å². The van der Waals surface area contributed by atoms with E-state index in [0.717, 1.165) is 5.56 Å². The topological polar surface area (TPSA) is 67.9 Å². The monoisotopic (exact) mass is 244 g/mol. The van der Waals surface area contributed by atoms with E-state index in [0.29, 0.717) is 37.1 Å². The van der Waals surface area contributed by atoms with Gasteiger partial charge >= 0.3 is 5.95 Å². The first-order valence-electron chi connectivity index (χ1n) is 5.71. The highest BCUT2D eigenvalue weighted by atomic mass is 16.5. The molecule has 2 heterocycles. The third kappa shape index (κ3) is 2.00. The quantitative estimate of drug-likeness (QED) is 0.875. The van der Waals surface area contributed by atoms with E-state index < -0.39 is 0 Å². The zero-order chi connectivity index (χ0) is 12.4. The van der Waals surface area contributed by atoms with Crippen LogP contribution in [0.4, 0.5) is 0 Å². The third-order valence-corrected chi connectivity index (χ3v) is 2.68. The Hall–Kier alpha value is -2.14. The average Bonchev–Trinajstić information content (AvgIpc) is 2.83. The Morgan fingerprint density at radius 1 is 1.17 bits per heavy atom. The molecule has 0 bridgehead atoms. The van der Waals surface area contributed by atoms with E-state index in [9.17, 15) is 5.11 Å². The molecule has 1 aromatic carbocycles. The summed E-state index contributed by atoms with van der Waals surface area (Å²) in [6, 6.07) is 9.42. The highest BCUT2D eigenvalue weighted by Gasteiger charge is 2.20. The molecule has 1 aliphatic heterocycles. The highest BCUT2D eigenvalue weighted by Crippen LogP contribution is 2.27. The maximum Gasteiger partial charge on any atom is 0.312 e. The molecule has 92 valence electrons. The summed E-state index contributed by atoms with van der Waals surface area (Å²) in [5.41, 5.74) is 1.81. The summed E-state index contributed by atoms with van der Waals surface area (Å²) >= 11 is 0. The molecule has 0 aliphatic carbocycles. The molecule has 0 unspecified atom stereocenters. The standard InChI is InChI=1S/C13H12N2O3/c16-13-11(10-8-17-7-6-14-10)15-12(18-13)9-4-2-1-3-5-9/h1-5,16H,6-8H2. The zero-order valence-corrected chi connectivity index (χ0v) is 9.67. The number of hydrogen-bond donors (Lipinski definition) is 1. The molecule has 1 N–H and O–H groups in total. The van der Waals surface area contributed by atoms with E-state index in [2.05, 4.69) is 9.98 Å². The second kappa shape index (κ2) is 4.62. The zero-order valence-electron chi connectivity index (χ0n) is 9.67. The largest absolute Gasteiger partial charge is 0.479 e. The molecule has 2 aromatic rings. The first kappa shape index (κ1) is 11.0. The lowest BCUT2D eigenvalue weighted by Crippen LogP contribution is -2.19. The van der Waals surface area contributed by atoms with Gasteiger partial charge in [0.2, 0.25) is 5.89 Å². The summed E-state index contributed by atoms with van der Waals surface area (Å²) < 4.78 is 10.5. The number of rotatable bonds is 2. The lowest BCUT2D eigenvalue weighted by Gasteiger charge is -2.09. The fraction of sp³-hybridized carbons (Fsp3) is 0.231. The minimum absolute atomic E-state index is 0.210. The van der Waals surface area contributed by atoms with Crippen LogP contribution >= 0.6 is 0 Å². The van der Waals surface area contributed by atoms with Crippen molar-refractivity contribution in [3.05, 3.63) is 36.0 Å². The molecule has 0 saturated heterocycles. The summed E-state index contributed by atoms with van der Waals surface area (Å²) in [5, 5.41) is 9.78. The summed E-state index contributed by atoms with van der Waals surface area (Å²) in [7, 11) is 0. The van der Waals surface area contributed by atoms with Crippen LogP contribution in [-0.4, -0.2) is 35.6 Å². The Kier molecular flexibility index (Phi) is 2.82. The van der Waals surface area contributed by atoms with E-state index in [1.165, 1.54) is 0 Å². The minimum atomic E-state index is -0.210. The summed E-state index contributed by atoms with van der Waals surface area (Å²) in [6.45, 7) is 1.55. The molecule has 18 heavy (non-hydrogen) atoms. The number of oxazole rings is 1. The molecule has 1 aromatic heterocycles. The molecule has 3 rings (SSSR count). The molecule has 0 radical (unpaired) electrons. The number of aromatic hydroxyl groups is 1. The van der Waals surface area contributed by atoms with Gasteiger partial charge in [-0.05, 0) is 12.1 Å². The van der Waals surface area contributed by atoms with Gasteiger partial charge in [0, 0.05) is 5.56 Å². The van der Waals surface area contributed by atoms with Crippen molar-refractivity contribution in [3.63, 3.8) is 0 Å². The van der Waals surface area contributed by atoms with Crippen LogP contribution in [0.25, 0.3) is 11.5 Å². The van der Waals surface area contributed by atoms with Crippen molar-refractivity contribution in [2.45, 2.75) is 0 Å². The van der Waals surface area contributed by atoms with Crippen LogP contribution in [-0.2, 0) is 4.74 Å². The fourth-order valence-corrected chi connectivity index (χ4v) is 1.81. The smallest absolute Gasteiger partial charge is 0.312 e. The normalized spacial score (nSPS) is 15.4. The van der Waals surface area contributed by atoms with Gasteiger partial charge in [-0.3, -0.25) is 4.99 Å². The Morgan fingerprint density at radius 2 is 2.00 bits per heavy atom. The van der Waals surface area contributed by atoms with Crippen molar-refractivity contribution in [2.75, 3.05) is 19.8 Å². The van der Waals surface area contributed by atoms with Crippen molar-refractivity contribution in [1.82, 2.24) is 4.98 Å².